The number of carbonyl (C=O) groups excluding carboxylic acids is 1. The highest BCUT2D eigenvalue weighted by molar-refractivity contribution is 5.97. The third-order valence-electron chi connectivity index (χ3n) is 3.54. The van der Waals surface area contributed by atoms with Crippen LogP contribution in [-0.4, -0.2) is 19.1 Å². The summed E-state index contributed by atoms with van der Waals surface area (Å²) < 4.78 is 5.40. The van der Waals surface area contributed by atoms with Crippen molar-refractivity contribution in [2.24, 2.45) is 5.41 Å². The standard InChI is InChI=1S/C15H21NO2/c1-3-12-5-7-13(8-6-12)16-14(17)15(9-10-15)11-18-4-2/h5-8H,3-4,9-11H2,1-2H3,(H,16,17). The van der Waals surface area contributed by atoms with Gasteiger partial charge in [-0.3, -0.25) is 4.79 Å². The Morgan fingerprint density at radius 2 is 1.94 bits per heavy atom. The maximum absolute atomic E-state index is 12.2. The Kier molecular flexibility index (Phi) is 4.02. The second-order valence-corrected chi connectivity index (χ2v) is 4.92. The molecular weight excluding hydrogens is 226 g/mol. The first-order valence-electron chi connectivity index (χ1n) is 6.68. The van der Waals surface area contributed by atoms with Crippen LogP contribution in [0.25, 0.3) is 0 Å². The summed E-state index contributed by atoms with van der Waals surface area (Å²) in [5, 5.41) is 2.99. The number of rotatable bonds is 6. The third-order valence-corrected chi connectivity index (χ3v) is 3.54. The molecule has 1 aromatic rings. The summed E-state index contributed by atoms with van der Waals surface area (Å²) in [6.07, 6.45) is 2.89. The first kappa shape index (κ1) is 13.1. The molecule has 1 saturated carbocycles. The molecule has 2 rings (SSSR count). The zero-order chi connectivity index (χ0) is 13.0. The van der Waals surface area contributed by atoms with E-state index in [2.05, 4.69) is 24.4 Å². The molecule has 3 heteroatoms. The Bertz CT molecular complexity index is 407. The van der Waals surface area contributed by atoms with E-state index in [1.54, 1.807) is 0 Å². The van der Waals surface area contributed by atoms with Crippen molar-refractivity contribution >= 4 is 11.6 Å². The van der Waals surface area contributed by atoms with E-state index in [9.17, 15) is 4.79 Å². The van der Waals surface area contributed by atoms with Gasteiger partial charge >= 0.3 is 0 Å². The molecule has 1 aromatic carbocycles. The average molecular weight is 247 g/mol. The van der Waals surface area contributed by atoms with Gasteiger partial charge in [-0.25, -0.2) is 0 Å². The molecule has 0 saturated heterocycles. The fourth-order valence-electron chi connectivity index (χ4n) is 1.97. The molecule has 0 aromatic heterocycles. The van der Waals surface area contributed by atoms with E-state index in [0.717, 1.165) is 24.9 Å². The van der Waals surface area contributed by atoms with Crippen LogP contribution >= 0.6 is 0 Å². The van der Waals surface area contributed by atoms with E-state index >= 15 is 0 Å². The molecule has 18 heavy (non-hydrogen) atoms. The normalized spacial score (nSPS) is 16.3. The monoisotopic (exact) mass is 247 g/mol. The molecule has 0 spiro atoms. The van der Waals surface area contributed by atoms with Gasteiger partial charge in [0.2, 0.25) is 5.91 Å². The molecular formula is C15H21NO2. The SMILES string of the molecule is CCOCC1(C(=O)Nc2ccc(CC)cc2)CC1. The highest BCUT2D eigenvalue weighted by Gasteiger charge is 2.50. The molecule has 1 amide bonds. The zero-order valence-corrected chi connectivity index (χ0v) is 11.2. The van der Waals surface area contributed by atoms with Gasteiger partial charge in [0.1, 0.15) is 0 Å². The number of aryl methyl sites for hydroxylation is 1. The highest BCUT2D eigenvalue weighted by Crippen LogP contribution is 2.46. The van der Waals surface area contributed by atoms with E-state index in [0.29, 0.717) is 13.2 Å². The molecule has 0 radical (unpaired) electrons. The van der Waals surface area contributed by atoms with Crippen molar-refractivity contribution in [1.29, 1.82) is 0 Å². The van der Waals surface area contributed by atoms with Crippen LogP contribution < -0.4 is 5.32 Å². The number of hydrogen-bond donors (Lipinski definition) is 1. The van der Waals surface area contributed by atoms with Crippen molar-refractivity contribution in [2.75, 3.05) is 18.5 Å². The molecule has 0 aliphatic heterocycles. The average Bonchev–Trinajstić information content (AvgIpc) is 3.18. The fourth-order valence-corrected chi connectivity index (χ4v) is 1.97. The topological polar surface area (TPSA) is 38.3 Å². The lowest BCUT2D eigenvalue weighted by atomic mass is 10.1. The third kappa shape index (κ3) is 2.91. The second-order valence-electron chi connectivity index (χ2n) is 4.92. The van der Waals surface area contributed by atoms with Gasteiger partial charge in [0, 0.05) is 12.3 Å². The van der Waals surface area contributed by atoms with Crippen molar-refractivity contribution in [3.8, 4) is 0 Å². The summed E-state index contributed by atoms with van der Waals surface area (Å²) in [5.74, 6) is 0.0974. The summed E-state index contributed by atoms with van der Waals surface area (Å²) in [7, 11) is 0. The predicted octanol–water partition coefficient (Wildman–Crippen LogP) is 3.00. The first-order valence-corrected chi connectivity index (χ1v) is 6.68. The molecule has 1 fully saturated rings. The van der Waals surface area contributed by atoms with E-state index in [1.807, 2.05) is 19.1 Å². The number of carbonyl (C=O) groups is 1. The van der Waals surface area contributed by atoms with Crippen LogP contribution in [0.1, 0.15) is 32.3 Å². The number of nitrogens with one attached hydrogen (secondary N) is 1. The minimum Gasteiger partial charge on any atom is -0.381 e. The number of hydrogen-bond acceptors (Lipinski definition) is 2. The quantitative estimate of drug-likeness (QED) is 0.839. The van der Waals surface area contributed by atoms with Crippen molar-refractivity contribution in [2.45, 2.75) is 33.1 Å². The summed E-state index contributed by atoms with van der Waals surface area (Å²) in [4.78, 5) is 12.2. The van der Waals surface area contributed by atoms with Gasteiger partial charge in [0.05, 0.1) is 12.0 Å². The number of benzene rings is 1. The van der Waals surface area contributed by atoms with Gasteiger partial charge in [0.25, 0.3) is 0 Å². The lowest BCUT2D eigenvalue weighted by Gasteiger charge is -2.15. The van der Waals surface area contributed by atoms with E-state index in [-0.39, 0.29) is 11.3 Å². The van der Waals surface area contributed by atoms with Crippen molar-refractivity contribution < 1.29 is 9.53 Å². The Hall–Kier alpha value is -1.35. The lowest BCUT2D eigenvalue weighted by Crippen LogP contribution is -2.28. The van der Waals surface area contributed by atoms with Gasteiger partial charge < -0.3 is 10.1 Å². The van der Waals surface area contributed by atoms with Gasteiger partial charge in [0.15, 0.2) is 0 Å². The molecule has 1 aliphatic carbocycles. The molecule has 0 heterocycles. The zero-order valence-electron chi connectivity index (χ0n) is 11.2. The minimum atomic E-state index is -0.264. The van der Waals surface area contributed by atoms with Crippen LogP contribution in [0.4, 0.5) is 5.69 Å². The van der Waals surface area contributed by atoms with Crippen LogP contribution in [-0.2, 0) is 16.0 Å². The smallest absolute Gasteiger partial charge is 0.232 e. The fraction of sp³-hybridized carbons (Fsp3) is 0.533. The molecule has 0 bridgehead atoms. The molecule has 3 nitrogen and oxygen atoms in total. The van der Waals surface area contributed by atoms with Crippen LogP contribution in [0.3, 0.4) is 0 Å². The van der Waals surface area contributed by atoms with E-state index < -0.39 is 0 Å². The molecule has 1 aliphatic rings. The van der Waals surface area contributed by atoms with Crippen LogP contribution in [0.15, 0.2) is 24.3 Å². The van der Waals surface area contributed by atoms with Crippen molar-refractivity contribution in [1.82, 2.24) is 0 Å². The second kappa shape index (κ2) is 5.53. The largest absolute Gasteiger partial charge is 0.381 e. The maximum atomic E-state index is 12.2. The molecule has 0 atom stereocenters. The van der Waals surface area contributed by atoms with Crippen molar-refractivity contribution in [3.63, 3.8) is 0 Å². The van der Waals surface area contributed by atoms with E-state index in [1.165, 1.54) is 5.56 Å². The van der Waals surface area contributed by atoms with Crippen LogP contribution in [0, 0.1) is 5.41 Å². The molecule has 0 unspecified atom stereocenters. The Morgan fingerprint density at radius 3 is 2.44 bits per heavy atom. The lowest BCUT2D eigenvalue weighted by molar-refractivity contribution is -0.123. The van der Waals surface area contributed by atoms with Crippen LogP contribution in [0.2, 0.25) is 0 Å². The van der Waals surface area contributed by atoms with Crippen molar-refractivity contribution in [3.05, 3.63) is 29.8 Å². The first-order chi connectivity index (χ1) is 8.70. The summed E-state index contributed by atoms with van der Waals surface area (Å²) in [6, 6.07) is 8.04. The maximum Gasteiger partial charge on any atom is 0.232 e. The Labute approximate surface area is 109 Å². The summed E-state index contributed by atoms with van der Waals surface area (Å²) >= 11 is 0. The predicted molar refractivity (Wildman–Crippen MR) is 72.6 cm³/mol. The van der Waals surface area contributed by atoms with E-state index in [4.69, 9.17) is 4.74 Å². The molecule has 1 N–H and O–H groups in total. The number of amides is 1. The van der Waals surface area contributed by atoms with Gasteiger partial charge in [-0.15, -0.1) is 0 Å². The van der Waals surface area contributed by atoms with Gasteiger partial charge in [-0.05, 0) is 43.9 Å². The summed E-state index contributed by atoms with van der Waals surface area (Å²) in [6.45, 7) is 5.29. The number of anilines is 1. The van der Waals surface area contributed by atoms with Gasteiger partial charge in [-0.2, -0.15) is 0 Å². The minimum absolute atomic E-state index is 0.0974. The molecule has 98 valence electrons. The van der Waals surface area contributed by atoms with Crippen LogP contribution in [0.5, 0.6) is 0 Å². The summed E-state index contributed by atoms with van der Waals surface area (Å²) in [5.41, 5.74) is 1.89. The van der Waals surface area contributed by atoms with Gasteiger partial charge in [-0.1, -0.05) is 19.1 Å². The highest BCUT2D eigenvalue weighted by atomic mass is 16.5. The Balaban J connectivity index is 1.94. The number of ether oxygens (including phenoxy) is 1. The Morgan fingerprint density at radius 1 is 1.28 bits per heavy atom.